The van der Waals surface area contributed by atoms with Crippen LogP contribution in [0, 0.1) is 29.5 Å². The maximum absolute atomic E-state index is 12.9. The maximum Gasteiger partial charge on any atom is 0.226 e. The van der Waals surface area contributed by atoms with Crippen molar-refractivity contribution in [1.29, 1.82) is 5.26 Å². The SMILES string of the molecule is [C-]#[N+]c1cc(Br)c(C#N)c(F)c1F. The van der Waals surface area contributed by atoms with E-state index in [2.05, 4.69) is 20.8 Å². The molecule has 5 heteroatoms. The fourth-order valence-electron chi connectivity index (χ4n) is 0.766. The van der Waals surface area contributed by atoms with Crippen LogP contribution in [0.25, 0.3) is 4.85 Å². The first-order chi connectivity index (χ1) is 6.11. The lowest BCUT2D eigenvalue weighted by Crippen LogP contribution is -1.91. The van der Waals surface area contributed by atoms with E-state index in [1.54, 1.807) is 0 Å². The van der Waals surface area contributed by atoms with E-state index in [1.807, 2.05) is 0 Å². The second kappa shape index (κ2) is 3.51. The molecular formula is C8HBrF2N2. The Kier molecular flexibility index (Phi) is 2.60. The lowest BCUT2D eigenvalue weighted by Gasteiger charge is -2.00. The highest BCUT2D eigenvalue weighted by molar-refractivity contribution is 9.10. The second-order valence-corrected chi connectivity index (χ2v) is 2.96. The van der Waals surface area contributed by atoms with Gasteiger partial charge in [-0.1, -0.05) is 15.9 Å². The molecule has 0 fully saturated rings. The van der Waals surface area contributed by atoms with Gasteiger partial charge in [0.2, 0.25) is 5.69 Å². The summed E-state index contributed by atoms with van der Waals surface area (Å²) in [5.74, 6) is -2.57. The zero-order valence-corrected chi connectivity index (χ0v) is 7.69. The van der Waals surface area contributed by atoms with Gasteiger partial charge in [-0.15, -0.1) is 0 Å². The van der Waals surface area contributed by atoms with Gasteiger partial charge < -0.3 is 0 Å². The number of nitriles is 1. The van der Waals surface area contributed by atoms with Gasteiger partial charge in [0, 0.05) is 4.47 Å². The largest absolute Gasteiger partial charge is 0.235 e. The molecule has 0 N–H and O–H groups in total. The van der Waals surface area contributed by atoms with Gasteiger partial charge in [-0.05, 0) is 6.07 Å². The molecule has 0 saturated heterocycles. The molecule has 1 aromatic rings. The third kappa shape index (κ3) is 1.51. The van der Waals surface area contributed by atoms with Crippen molar-refractivity contribution in [2.45, 2.75) is 0 Å². The topological polar surface area (TPSA) is 28.1 Å². The molecule has 0 spiro atoms. The van der Waals surface area contributed by atoms with E-state index in [-0.39, 0.29) is 4.47 Å². The molecule has 0 heterocycles. The van der Waals surface area contributed by atoms with Crippen LogP contribution in [0.3, 0.4) is 0 Å². The molecule has 1 aromatic carbocycles. The fraction of sp³-hybridized carbons (Fsp3) is 0. The molecule has 2 nitrogen and oxygen atoms in total. The van der Waals surface area contributed by atoms with Gasteiger partial charge in [0.1, 0.15) is 11.6 Å². The number of rotatable bonds is 0. The molecule has 0 radical (unpaired) electrons. The molecule has 0 aliphatic rings. The predicted molar refractivity (Wildman–Crippen MR) is 45.0 cm³/mol. The Bertz CT molecular complexity index is 443. The van der Waals surface area contributed by atoms with Crippen LogP contribution >= 0.6 is 15.9 Å². The molecule has 0 aliphatic carbocycles. The summed E-state index contributed by atoms with van der Waals surface area (Å²) in [7, 11) is 0. The summed E-state index contributed by atoms with van der Waals surface area (Å²) in [6.07, 6.45) is 0. The van der Waals surface area contributed by atoms with Crippen LogP contribution in [0.4, 0.5) is 14.5 Å². The van der Waals surface area contributed by atoms with Gasteiger partial charge in [0.15, 0.2) is 11.6 Å². The van der Waals surface area contributed by atoms with Crippen LogP contribution in [0.1, 0.15) is 5.56 Å². The Hall–Kier alpha value is -1.46. The monoisotopic (exact) mass is 242 g/mol. The minimum Gasteiger partial charge on any atom is -0.235 e. The quantitative estimate of drug-likeness (QED) is 0.508. The second-order valence-electron chi connectivity index (χ2n) is 2.10. The van der Waals surface area contributed by atoms with Crippen molar-refractivity contribution in [3.8, 4) is 6.07 Å². The summed E-state index contributed by atoms with van der Waals surface area (Å²) < 4.78 is 25.9. The van der Waals surface area contributed by atoms with Gasteiger partial charge >= 0.3 is 0 Å². The van der Waals surface area contributed by atoms with Crippen molar-refractivity contribution in [2.24, 2.45) is 0 Å². The molecule has 0 amide bonds. The highest BCUT2D eigenvalue weighted by Gasteiger charge is 2.16. The molecular weight excluding hydrogens is 242 g/mol. The van der Waals surface area contributed by atoms with E-state index >= 15 is 0 Å². The molecule has 0 aromatic heterocycles. The Balaban J connectivity index is 3.60. The van der Waals surface area contributed by atoms with Gasteiger partial charge in [-0.3, -0.25) is 0 Å². The van der Waals surface area contributed by atoms with Crippen LogP contribution in [0.2, 0.25) is 0 Å². The summed E-state index contributed by atoms with van der Waals surface area (Å²) in [6.45, 7) is 6.52. The van der Waals surface area contributed by atoms with E-state index in [0.717, 1.165) is 6.07 Å². The van der Waals surface area contributed by atoms with Crippen molar-refractivity contribution < 1.29 is 8.78 Å². The van der Waals surface area contributed by atoms with E-state index in [4.69, 9.17) is 11.8 Å². The average molecular weight is 243 g/mol. The fourth-order valence-corrected chi connectivity index (χ4v) is 1.25. The lowest BCUT2D eigenvalue weighted by atomic mass is 10.2. The van der Waals surface area contributed by atoms with Crippen LogP contribution in [0.15, 0.2) is 10.5 Å². The predicted octanol–water partition coefficient (Wildman–Crippen LogP) is 3.15. The zero-order chi connectivity index (χ0) is 10.0. The Labute approximate surface area is 81.4 Å². The minimum atomic E-state index is -1.29. The van der Waals surface area contributed by atoms with Crippen LogP contribution in [0.5, 0.6) is 0 Å². The lowest BCUT2D eigenvalue weighted by molar-refractivity contribution is 0.509. The zero-order valence-electron chi connectivity index (χ0n) is 6.11. The molecule has 0 unspecified atom stereocenters. The first-order valence-corrected chi connectivity index (χ1v) is 3.86. The summed E-state index contributed by atoms with van der Waals surface area (Å²) in [5, 5.41) is 8.42. The average Bonchev–Trinajstić information content (AvgIpc) is 2.12. The summed E-state index contributed by atoms with van der Waals surface area (Å²) in [6, 6.07) is 2.56. The normalized spacial score (nSPS) is 9.00. The smallest absolute Gasteiger partial charge is 0.226 e. The van der Waals surface area contributed by atoms with Gasteiger partial charge in [0.25, 0.3) is 0 Å². The van der Waals surface area contributed by atoms with E-state index in [9.17, 15) is 8.78 Å². The number of halogens is 3. The van der Waals surface area contributed by atoms with Gasteiger partial charge in [-0.25, -0.2) is 13.6 Å². The summed E-state index contributed by atoms with van der Waals surface area (Å²) in [4.78, 5) is 2.76. The van der Waals surface area contributed by atoms with Crippen LogP contribution in [-0.2, 0) is 0 Å². The minimum absolute atomic E-state index is 0.0832. The van der Waals surface area contributed by atoms with Crippen LogP contribution in [-0.4, -0.2) is 0 Å². The molecule has 1 rings (SSSR count). The maximum atomic E-state index is 12.9. The standard InChI is InChI=1S/C8HBrF2N2/c1-13-6-2-5(9)4(3-12)7(10)8(6)11/h2H. The van der Waals surface area contributed by atoms with E-state index < -0.39 is 22.9 Å². The van der Waals surface area contributed by atoms with Crippen molar-refractivity contribution in [1.82, 2.24) is 0 Å². The van der Waals surface area contributed by atoms with Gasteiger partial charge in [0.05, 0.1) is 6.57 Å². The molecule has 64 valence electrons. The Morgan fingerprint density at radius 1 is 1.46 bits per heavy atom. The molecule has 0 saturated carbocycles. The Morgan fingerprint density at radius 2 is 2.08 bits per heavy atom. The third-order valence-electron chi connectivity index (χ3n) is 1.37. The number of benzene rings is 1. The van der Waals surface area contributed by atoms with Crippen molar-refractivity contribution in [3.63, 3.8) is 0 Å². The first kappa shape index (κ1) is 9.63. The van der Waals surface area contributed by atoms with Crippen molar-refractivity contribution in [2.75, 3.05) is 0 Å². The highest BCUT2D eigenvalue weighted by Crippen LogP contribution is 2.29. The number of hydrogen-bond acceptors (Lipinski definition) is 1. The Morgan fingerprint density at radius 3 is 2.54 bits per heavy atom. The third-order valence-corrected chi connectivity index (χ3v) is 2.00. The number of hydrogen-bond donors (Lipinski definition) is 0. The molecule has 0 atom stereocenters. The molecule has 0 bridgehead atoms. The van der Waals surface area contributed by atoms with Crippen molar-refractivity contribution >= 4 is 21.6 Å². The number of nitrogens with zero attached hydrogens (tertiary/aromatic N) is 2. The van der Waals surface area contributed by atoms with Gasteiger partial charge in [-0.2, -0.15) is 5.26 Å². The van der Waals surface area contributed by atoms with Crippen LogP contribution < -0.4 is 0 Å². The summed E-state index contributed by atoms with van der Waals surface area (Å²) in [5.41, 5.74) is -0.867. The first-order valence-electron chi connectivity index (χ1n) is 3.07. The van der Waals surface area contributed by atoms with Crippen molar-refractivity contribution in [3.05, 3.63) is 39.2 Å². The summed E-state index contributed by atoms with van der Waals surface area (Å²) >= 11 is 2.86. The highest BCUT2D eigenvalue weighted by atomic mass is 79.9. The molecule has 0 aliphatic heterocycles. The van der Waals surface area contributed by atoms with E-state index in [0.29, 0.717) is 0 Å². The van der Waals surface area contributed by atoms with E-state index in [1.165, 1.54) is 6.07 Å². The molecule has 13 heavy (non-hydrogen) atoms.